The number of morpholine rings is 1. The van der Waals surface area contributed by atoms with Gasteiger partial charge < -0.3 is 4.74 Å². The number of benzene rings is 1. The second-order valence-electron chi connectivity index (χ2n) is 7.67. The summed E-state index contributed by atoms with van der Waals surface area (Å²) in [5.41, 5.74) is 0.675. The van der Waals surface area contributed by atoms with Gasteiger partial charge in [0, 0.05) is 6.42 Å². The van der Waals surface area contributed by atoms with Crippen molar-refractivity contribution in [2.24, 2.45) is 0 Å². The molecule has 4 heterocycles. The Labute approximate surface area is 185 Å². The molecule has 6 amide bonds. The van der Waals surface area contributed by atoms with Gasteiger partial charge in [-0.2, -0.15) is 0 Å². The molecule has 0 aliphatic carbocycles. The van der Waals surface area contributed by atoms with Crippen molar-refractivity contribution in [1.82, 2.24) is 30.1 Å². The molecule has 2 aromatic rings. The van der Waals surface area contributed by atoms with E-state index in [1.807, 2.05) is 0 Å². The zero-order valence-electron chi connectivity index (χ0n) is 17.0. The van der Waals surface area contributed by atoms with E-state index in [1.54, 1.807) is 12.1 Å². The number of hydrogen-bond acceptors (Lipinski definition) is 9. The molecule has 5 rings (SSSR count). The van der Waals surface area contributed by atoms with Crippen LogP contribution in [0.5, 0.6) is 0 Å². The topological polar surface area (TPSA) is 161 Å². The Bertz CT molecular complexity index is 1240. The van der Waals surface area contributed by atoms with Gasteiger partial charge in [-0.3, -0.25) is 43.9 Å². The predicted molar refractivity (Wildman–Crippen MR) is 104 cm³/mol. The SMILES string of the molecule is O=C1CCC(N2C(=O)c3cccc(-n4cc(CN5C(=O)COCC5=O)nn4)c3C2=O)C(=O)N1. The van der Waals surface area contributed by atoms with E-state index in [0.717, 1.165) is 9.80 Å². The van der Waals surface area contributed by atoms with Crippen molar-refractivity contribution in [3.63, 3.8) is 0 Å². The van der Waals surface area contributed by atoms with E-state index in [4.69, 9.17) is 4.74 Å². The zero-order chi connectivity index (χ0) is 23.3. The minimum atomic E-state index is -1.09. The maximum absolute atomic E-state index is 13.2. The Hall–Kier alpha value is -4.26. The average molecular weight is 452 g/mol. The summed E-state index contributed by atoms with van der Waals surface area (Å²) in [5, 5.41) is 10.1. The van der Waals surface area contributed by atoms with Crippen molar-refractivity contribution >= 4 is 35.4 Å². The fourth-order valence-corrected chi connectivity index (χ4v) is 4.04. The summed E-state index contributed by atoms with van der Waals surface area (Å²) in [7, 11) is 0. The number of carbonyl (C=O) groups excluding carboxylic acids is 6. The molecule has 33 heavy (non-hydrogen) atoms. The first-order valence-corrected chi connectivity index (χ1v) is 10.0. The zero-order valence-corrected chi connectivity index (χ0v) is 17.0. The molecule has 0 saturated carbocycles. The highest BCUT2D eigenvalue weighted by Gasteiger charge is 2.46. The van der Waals surface area contributed by atoms with Crippen molar-refractivity contribution < 1.29 is 33.5 Å². The summed E-state index contributed by atoms with van der Waals surface area (Å²) in [5.74, 6) is -3.48. The van der Waals surface area contributed by atoms with E-state index < -0.39 is 41.5 Å². The van der Waals surface area contributed by atoms with Crippen molar-refractivity contribution in [1.29, 1.82) is 0 Å². The molecular formula is C20H16N6O7. The molecule has 2 fully saturated rings. The van der Waals surface area contributed by atoms with Crippen LogP contribution in [0.3, 0.4) is 0 Å². The van der Waals surface area contributed by atoms with Gasteiger partial charge in [0.15, 0.2) is 0 Å². The van der Waals surface area contributed by atoms with Crippen LogP contribution in [-0.4, -0.2) is 79.5 Å². The second-order valence-corrected chi connectivity index (χ2v) is 7.67. The quantitative estimate of drug-likeness (QED) is 0.547. The van der Waals surface area contributed by atoms with Gasteiger partial charge in [-0.25, -0.2) is 4.68 Å². The molecule has 1 N–H and O–H groups in total. The molecule has 1 aromatic carbocycles. The van der Waals surface area contributed by atoms with Crippen LogP contribution in [-0.2, 0) is 30.5 Å². The molecule has 2 saturated heterocycles. The molecular weight excluding hydrogens is 436 g/mol. The van der Waals surface area contributed by atoms with Gasteiger partial charge in [0.25, 0.3) is 23.6 Å². The van der Waals surface area contributed by atoms with Crippen LogP contribution in [0, 0.1) is 0 Å². The number of amides is 6. The molecule has 168 valence electrons. The number of fused-ring (bicyclic) bond motifs is 1. The summed E-state index contributed by atoms with van der Waals surface area (Å²) in [6, 6.07) is 3.49. The van der Waals surface area contributed by atoms with Crippen molar-refractivity contribution in [2.75, 3.05) is 13.2 Å². The van der Waals surface area contributed by atoms with Gasteiger partial charge >= 0.3 is 0 Å². The number of piperidine rings is 1. The number of carbonyl (C=O) groups is 6. The van der Waals surface area contributed by atoms with Crippen molar-refractivity contribution in [3.8, 4) is 5.69 Å². The van der Waals surface area contributed by atoms with Gasteiger partial charge in [0.2, 0.25) is 11.8 Å². The van der Waals surface area contributed by atoms with Crippen molar-refractivity contribution in [2.45, 2.75) is 25.4 Å². The van der Waals surface area contributed by atoms with Crippen LogP contribution in [0.4, 0.5) is 0 Å². The number of imide groups is 3. The molecule has 1 unspecified atom stereocenters. The van der Waals surface area contributed by atoms with Crippen LogP contribution >= 0.6 is 0 Å². The summed E-state index contributed by atoms with van der Waals surface area (Å²) < 4.78 is 6.15. The molecule has 0 radical (unpaired) electrons. The van der Waals surface area contributed by atoms with E-state index in [0.29, 0.717) is 0 Å². The summed E-state index contributed by atoms with van der Waals surface area (Å²) in [4.78, 5) is 75.6. The van der Waals surface area contributed by atoms with Crippen LogP contribution in [0.2, 0.25) is 0 Å². The summed E-state index contributed by atoms with van der Waals surface area (Å²) in [6.45, 7) is -0.539. The van der Waals surface area contributed by atoms with Gasteiger partial charge in [0.1, 0.15) is 24.9 Å². The average Bonchev–Trinajstić information content (AvgIpc) is 3.35. The molecule has 3 aliphatic heterocycles. The molecule has 1 aromatic heterocycles. The maximum atomic E-state index is 13.2. The second kappa shape index (κ2) is 7.70. The number of nitrogens with one attached hydrogen (secondary N) is 1. The highest BCUT2D eigenvalue weighted by Crippen LogP contribution is 2.31. The number of hydrogen-bond donors (Lipinski definition) is 1. The third-order valence-electron chi connectivity index (χ3n) is 5.61. The van der Waals surface area contributed by atoms with Crippen LogP contribution in [0.1, 0.15) is 39.3 Å². The van der Waals surface area contributed by atoms with Gasteiger partial charge in [0.05, 0.1) is 29.6 Å². The Morgan fingerprint density at radius 2 is 1.79 bits per heavy atom. The first kappa shape index (κ1) is 20.6. The number of aromatic nitrogens is 3. The Kier molecular flexibility index (Phi) is 4.82. The van der Waals surface area contributed by atoms with Crippen LogP contribution in [0.25, 0.3) is 5.69 Å². The Morgan fingerprint density at radius 3 is 2.52 bits per heavy atom. The first-order chi connectivity index (χ1) is 15.8. The number of ether oxygens (including phenoxy) is 1. The monoisotopic (exact) mass is 452 g/mol. The van der Waals surface area contributed by atoms with Crippen LogP contribution < -0.4 is 5.32 Å². The van der Waals surface area contributed by atoms with E-state index >= 15 is 0 Å². The minimum absolute atomic E-state index is 0.0160. The third kappa shape index (κ3) is 3.38. The van der Waals surface area contributed by atoms with Gasteiger partial charge in [-0.1, -0.05) is 11.3 Å². The lowest BCUT2D eigenvalue weighted by atomic mass is 10.0. The lowest BCUT2D eigenvalue weighted by Gasteiger charge is -2.27. The van der Waals surface area contributed by atoms with E-state index in [-0.39, 0.29) is 55.1 Å². The molecule has 0 bridgehead atoms. The standard InChI is InChI=1S/C20H16N6O7/c27-14-5-4-13(18(30)21-14)26-19(31)11-2-1-3-12(17(11)20(26)32)25-7-10(22-23-25)6-24-15(28)8-33-9-16(24)29/h1-3,7,13H,4-6,8-9H2,(H,21,27,30). The van der Waals surface area contributed by atoms with Crippen molar-refractivity contribution in [3.05, 3.63) is 41.2 Å². The summed E-state index contributed by atoms with van der Waals surface area (Å²) in [6.07, 6.45) is 1.50. The minimum Gasteiger partial charge on any atom is -0.362 e. The normalized spacial score (nSPS) is 21.0. The lowest BCUT2D eigenvalue weighted by Crippen LogP contribution is -2.54. The predicted octanol–water partition coefficient (Wildman–Crippen LogP) is -1.45. The molecule has 0 spiro atoms. The maximum Gasteiger partial charge on any atom is 0.264 e. The summed E-state index contributed by atoms with van der Waals surface area (Å²) >= 11 is 0. The van der Waals surface area contributed by atoms with E-state index in [9.17, 15) is 28.8 Å². The Balaban J connectivity index is 1.44. The molecule has 13 nitrogen and oxygen atoms in total. The molecule has 13 heteroatoms. The number of rotatable bonds is 4. The molecule has 1 atom stereocenters. The first-order valence-electron chi connectivity index (χ1n) is 10.0. The van der Waals surface area contributed by atoms with Crippen LogP contribution in [0.15, 0.2) is 24.4 Å². The van der Waals surface area contributed by atoms with E-state index in [1.165, 1.54) is 16.9 Å². The smallest absolute Gasteiger partial charge is 0.264 e. The Morgan fingerprint density at radius 1 is 1.03 bits per heavy atom. The number of nitrogens with zero attached hydrogens (tertiary/aromatic N) is 5. The largest absolute Gasteiger partial charge is 0.362 e. The third-order valence-corrected chi connectivity index (χ3v) is 5.61. The highest BCUT2D eigenvalue weighted by atomic mass is 16.5. The fraction of sp³-hybridized carbons (Fsp3) is 0.300. The lowest BCUT2D eigenvalue weighted by molar-refractivity contribution is -0.159. The van der Waals surface area contributed by atoms with E-state index in [2.05, 4.69) is 15.6 Å². The fourth-order valence-electron chi connectivity index (χ4n) is 4.04. The van der Waals surface area contributed by atoms with Gasteiger partial charge in [-0.15, -0.1) is 5.10 Å². The van der Waals surface area contributed by atoms with Gasteiger partial charge in [-0.05, 0) is 18.6 Å². The highest BCUT2D eigenvalue weighted by molar-refractivity contribution is 6.24. The molecule has 3 aliphatic rings.